The molecule has 9 nitrogen and oxygen atoms in total. The lowest BCUT2D eigenvalue weighted by atomic mass is 10.2. The number of nitrogens with one attached hydrogen (secondary N) is 1. The molecule has 0 aliphatic rings. The molecule has 0 unspecified atom stereocenters. The summed E-state index contributed by atoms with van der Waals surface area (Å²) in [4.78, 5) is 4.04. The van der Waals surface area contributed by atoms with Crippen molar-refractivity contribution in [3.05, 3.63) is 78.9 Å². The molecule has 0 amide bonds. The third-order valence-corrected chi connectivity index (χ3v) is 5.74. The third-order valence-electron chi connectivity index (χ3n) is 4.33. The average molecular weight is 437 g/mol. The minimum Gasteiger partial charge on any atom is -0.495 e. The first-order valence-corrected chi connectivity index (χ1v) is 10.7. The smallest absolute Gasteiger partial charge is 0.265 e. The lowest BCUT2D eigenvalue weighted by Crippen LogP contribution is -2.14. The van der Waals surface area contributed by atoms with E-state index >= 15 is 0 Å². The summed E-state index contributed by atoms with van der Waals surface area (Å²) in [5.41, 5.74) is 1.20. The summed E-state index contributed by atoms with van der Waals surface area (Å²) in [6, 6.07) is 14.9. The first-order chi connectivity index (χ1) is 14.9. The molecule has 1 N–H and O–H groups in total. The normalized spacial score (nSPS) is 11.2. The molecule has 0 radical (unpaired) electrons. The maximum atomic E-state index is 12.8. The van der Waals surface area contributed by atoms with Crippen LogP contribution in [0, 0.1) is 6.92 Å². The molecule has 0 spiro atoms. The molecule has 4 rings (SSSR count). The first-order valence-electron chi connectivity index (χ1n) is 9.22. The number of methoxy groups -OCH3 is 1. The van der Waals surface area contributed by atoms with E-state index < -0.39 is 10.0 Å². The Kier molecular flexibility index (Phi) is 5.54. The Morgan fingerprint density at radius 2 is 1.81 bits per heavy atom. The van der Waals surface area contributed by atoms with E-state index in [4.69, 9.17) is 9.47 Å². The number of imidazole rings is 1. The maximum absolute atomic E-state index is 12.8. The van der Waals surface area contributed by atoms with E-state index in [-0.39, 0.29) is 10.6 Å². The van der Waals surface area contributed by atoms with Crippen LogP contribution in [0.1, 0.15) is 5.56 Å². The van der Waals surface area contributed by atoms with Gasteiger partial charge in [-0.15, -0.1) is 10.2 Å². The summed E-state index contributed by atoms with van der Waals surface area (Å²) in [6.45, 7) is 1.81. The lowest BCUT2D eigenvalue weighted by Gasteiger charge is -2.12. The zero-order valence-corrected chi connectivity index (χ0v) is 17.6. The number of nitrogens with zero attached hydrogens (tertiary/aromatic N) is 4. The average Bonchev–Trinajstić information content (AvgIpc) is 3.30. The summed E-state index contributed by atoms with van der Waals surface area (Å²) in [5, 5.41) is 8.12. The number of benzene rings is 2. The molecule has 0 aliphatic heterocycles. The van der Waals surface area contributed by atoms with E-state index in [1.54, 1.807) is 77.9 Å². The molecule has 0 fully saturated rings. The van der Waals surface area contributed by atoms with Crippen molar-refractivity contribution in [2.24, 2.45) is 0 Å². The van der Waals surface area contributed by atoms with E-state index in [1.165, 1.54) is 7.11 Å². The van der Waals surface area contributed by atoms with Crippen LogP contribution in [-0.2, 0) is 10.0 Å². The Bertz CT molecular complexity index is 1270. The van der Waals surface area contributed by atoms with E-state index in [1.807, 2.05) is 6.92 Å². The van der Waals surface area contributed by atoms with Gasteiger partial charge in [0.05, 0.1) is 7.11 Å². The molecule has 2 aromatic carbocycles. The standard InChI is InChI=1S/C21H19N5O4S/c1-15-3-8-18(29-2)19(13-15)31(27,28)25-16-4-6-17(7-5-16)30-21-10-9-20(23-24-21)26-12-11-22-14-26/h3-14,25H,1-2H3. The first kappa shape index (κ1) is 20.4. The lowest BCUT2D eigenvalue weighted by molar-refractivity contribution is 0.402. The van der Waals surface area contributed by atoms with Crippen LogP contribution in [0.25, 0.3) is 5.82 Å². The fourth-order valence-corrected chi connectivity index (χ4v) is 4.13. The van der Waals surface area contributed by atoms with Gasteiger partial charge < -0.3 is 9.47 Å². The van der Waals surface area contributed by atoms with E-state index in [0.717, 1.165) is 5.56 Å². The van der Waals surface area contributed by atoms with E-state index in [0.29, 0.717) is 23.1 Å². The SMILES string of the molecule is COc1ccc(C)cc1S(=O)(=O)Nc1ccc(Oc2ccc(-n3ccnc3)nn2)cc1. The fraction of sp³-hybridized carbons (Fsp3) is 0.0952. The number of hydrogen-bond donors (Lipinski definition) is 1. The molecule has 158 valence electrons. The Hall–Kier alpha value is -3.92. The number of sulfonamides is 1. The van der Waals surface area contributed by atoms with Gasteiger partial charge in [0.2, 0.25) is 5.88 Å². The Balaban J connectivity index is 1.46. The number of aromatic nitrogens is 4. The number of aryl methyl sites for hydroxylation is 1. The zero-order chi connectivity index (χ0) is 21.8. The van der Waals surface area contributed by atoms with Gasteiger partial charge in [-0.25, -0.2) is 13.4 Å². The molecule has 10 heteroatoms. The quantitative estimate of drug-likeness (QED) is 0.471. The summed E-state index contributed by atoms with van der Waals surface area (Å²) in [7, 11) is -2.39. The van der Waals surface area contributed by atoms with Gasteiger partial charge in [0.25, 0.3) is 10.0 Å². The van der Waals surface area contributed by atoms with Gasteiger partial charge in [0.1, 0.15) is 22.7 Å². The van der Waals surface area contributed by atoms with Crippen LogP contribution >= 0.6 is 0 Å². The van der Waals surface area contributed by atoms with Crippen molar-refractivity contribution in [1.29, 1.82) is 0 Å². The molecular weight excluding hydrogens is 418 g/mol. The molecule has 0 saturated heterocycles. The second-order valence-corrected chi connectivity index (χ2v) is 8.24. The molecule has 0 bridgehead atoms. The topological polar surface area (TPSA) is 108 Å². The Morgan fingerprint density at radius 1 is 1.00 bits per heavy atom. The van der Waals surface area contributed by atoms with Crippen molar-refractivity contribution in [2.45, 2.75) is 11.8 Å². The third kappa shape index (κ3) is 4.64. The van der Waals surface area contributed by atoms with Gasteiger partial charge in [0, 0.05) is 24.1 Å². The molecular formula is C21H19N5O4S. The maximum Gasteiger partial charge on any atom is 0.265 e. The molecule has 0 saturated carbocycles. The molecule has 0 aliphatic carbocycles. The van der Waals surface area contributed by atoms with Crippen molar-refractivity contribution in [3.8, 4) is 23.2 Å². The van der Waals surface area contributed by atoms with Gasteiger partial charge in [-0.3, -0.25) is 9.29 Å². The van der Waals surface area contributed by atoms with Crippen LogP contribution in [0.4, 0.5) is 5.69 Å². The van der Waals surface area contributed by atoms with Crippen LogP contribution in [0.5, 0.6) is 17.4 Å². The van der Waals surface area contributed by atoms with Gasteiger partial charge in [-0.2, -0.15) is 0 Å². The van der Waals surface area contributed by atoms with Crippen LogP contribution in [0.15, 0.2) is 78.2 Å². The van der Waals surface area contributed by atoms with E-state index in [2.05, 4.69) is 19.9 Å². The second-order valence-electron chi connectivity index (χ2n) is 6.59. The highest BCUT2D eigenvalue weighted by Gasteiger charge is 2.20. The van der Waals surface area contributed by atoms with Crippen LogP contribution in [0.2, 0.25) is 0 Å². The Morgan fingerprint density at radius 3 is 2.45 bits per heavy atom. The molecule has 2 aromatic heterocycles. The van der Waals surface area contributed by atoms with Crippen LogP contribution < -0.4 is 14.2 Å². The van der Waals surface area contributed by atoms with Crippen LogP contribution in [0.3, 0.4) is 0 Å². The van der Waals surface area contributed by atoms with Gasteiger partial charge in [-0.05, 0) is 55.0 Å². The van der Waals surface area contributed by atoms with E-state index in [9.17, 15) is 8.42 Å². The minimum atomic E-state index is -3.82. The van der Waals surface area contributed by atoms with Crippen molar-refractivity contribution >= 4 is 15.7 Å². The van der Waals surface area contributed by atoms with Crippen molar-refractivity contribution < 1.29 is 17.9 Å². The number of anilines is 1. The van der Waals surface area contributed by atoms with Crippen molar-refractivity contribution in [3.63, 3.8) is 0 Å². The van der Waals surface area contributed by atoms with Gasteiger partial charge in [-0.1, -0.05) is 6.07 Å². The molecule has 31 heavy (non-hydrogen) atoms. The predicted molar refractivity (Wildman–Crippen MR) is 114 cm³/mol. The van der Waals surface area contributed by atoms with Crippen molar-refractivity contribution in [1.82, 2.24) is 19.7 Å². The molecule has 4 aromatic rings. The fourth-order valence-electron chi connectivity index (χ4n) is 2.82. The number of rotatable bonds is 7. The zero-order valence-electron chi connectivity index (χ0n) is 16.8. The Labute approximate surface area is 179 Å². The summed E-state index contributed by atoms with van der Waals surface area (Å²) in [6.07, 6.45) is 5.03. The predicted octanol–water partition coefficient (Wildman–Crippen LogP) is 3.57. The molecule has 0 atom stereocenters. The summed E-state index contributed by atoms with van der Waals surface area (Å²) in [5.74, 6) is 1.68. The highest BCUT2D eigenvalue weighted by molar-refractivity contribution is 7.92. The second kappa shape index (κ2) is 8.44. The highest BCUT2D eigenvalue weighted by Crippen LogP contribution is 2.28. The summed E-state index contributed by atoms with van der Waals surface area (Å²) < 4.78 is 40.7. The number of ether oxygens (including phenoxy) is 2. The minimum absolute atomic E-state index is 0.0728. The largest absolute Gasteiger partial charge is 0.495 e. The van der Waals surface area contributed by atoms with Gasteiger partial charge >= 0.3 is 0 Å². The number of hydrogen-bond acceptors (Lipinski definition) is 7. The van der Waals surface area contributed by atoms with Gasteiger partial charge in [0.15, 0.2) is 5.82 Å². The highest BCUT2D eigenvalue weighted by atomic mass is 32.2. The van der Waals surface area contributed by atoms with Crippen molar-refractivity contribution in [2.75, 3.05) is 11.8 Å². The van der Waals surface area contributed by atoms with Crippen LogP contribution in [-0.4, -0.2) is 35.3 Å². The monoisotopic (exact) mass is 437 g/mol. The molecule has 2 heterocycles. The summed E-state index contributed by atoms with van der Waals surface area (Å²) >= 11 is 0.